The van der Waals surface area contributed by atoms with Crippen molar-refractivity contribution in [2.24, 2.45) is 0 Å². The molecule has 1 fully saturated rings. The second-order valence-electron chi connectivity index (χ2n) is 8.04. The third-order valence-corrected chi connectivity index (χ3v) is 6.97. The highest BCUT2D eigenvalue weighted by Gasteiger charge is 2.16. The van der Waals surface area contributed by atoms with Crippen LogP contribution in [0.25, 0.3) is 0 Å². The first-order valence-corrected chi connectivity index (χ1v) is 12.2. The molecule has 1 heterocycles. The predicted molar refractivity (Wildman–Crippen MR) is 129 cm³/mol. The third-order valence-electron chi connectivity index (χ3n) is 5.58. The van der Waals surface area contributed by atoms with E-state index in [0.717, 1.165) is 18.7 Å². The van der Waals surface area contributed by atoms with E-state index in [1.807, 2.05) is 43.3 Å². The molecule has 0 aromatic heterocycles. The van der Waals surface area contributed by atoms with Crippen molar-refractivity contribution in [3.05, 3.63) is 83.9 Å². The summed E-state index contributed by atoms with van der Waals surface area (Å²) in [6.07, 6.45) is 3.71. The van der Waals surface area contributed by atoms with Crippen LogP contribution in [0.1, 0.15) is 35.2 Å². The highest BCUT2D eigenvalue weighted by atomic mass is 32.2. The summed E-state index contributed by atoms with van der Waals surface area (Å²) in [6.45, 7) is 4.07. The maximum atomic E-state index is 12.6. The molecule has 0 spiro atoms. The van der Waals surface area contributed by atoms with Crippen molar-refractivity contribution < 1.29 is 13.2 Å². The molecule has 32 heavy (non-hydrogen) atoms. The topological polar surface area (TPSA) is 78.5 Å². The SMILES string of the molecule is Cc1ccc(NS(=O)(=O)c2ccc(C(=O)Nc3ccc(N4CCCCC4)cc3)cc2)cc1. The summed E-state index contributed by atoms with van der Waals surface area (Å²) in [5.41, 5.74) is 3.79. The summed E-state index contributed by atoms with van der Waals surface area (Å²) < 4.78 is 27.8. The van der Waals surface area contributed by atoms with Crippen molar-refractivity contribution in [3.8, 4) is 0 Å². The Labute approximate surface area is 189 Å². The normalized spacial score (nSPS) is 14.1. The second-order valence-corrected chi connectivity index (χ2v) is 9.73. The lowest BCUT2D eigenvalue weighted by atomic mass is 10.1. The summed E-state index contributed by atoms with van der Waals surface area (Å²) in [5, 5.41) is 2.87. The fourth-order valence-corrected chi connectivity index (χ4v) is 4.79. The van der Waals surface area contributed by atoms with E-state index in [9.17, 15) is 13.2 Å². The first-order chi connectivity index (χ1) is 15.4. The van der Waals surface area contributed by atoms with Gasteiger partial charge in [0.15, 0.2) is 0 Å². The van der Waals surface area contributed by atoms with Crippen LogP contribution in [0.2, 0.25) is 0 Å². The summed E-state index contributed by atoms with van der Waals surface area (Å²) in [7, 11) is -3.73. The summed E-state index contributed by atoms with van der Waals surface area (Å²) >= 11 is 0. The van der Waals surface area contributed by atoms with Crippen LogP contribution in [0.4, 0.5) is 17.1 Å². The van der Waals surface area contributed by atoms with Crippen LogP contribution in [0, 0.1) is 6.92 Å². The first-order valence-electron chi connectivity index (χ1n) is 10.8. The number of hydrogen-bond donors (Lipinski definition) is 2. The molecule has 166 valence electrons. The molecule has 7 heteroatoms. The molecule has 2 N–H and O–H groups in total. The van der Waals surface area contributed by atoms with E-state index in [4.69, 9.17) is 0 Å². The number of rotatable bonds is 6. The molecule has 3 aromatic carbocycles. The summed E-state index contributed by atoms with van der Waals surface area (Å²) in [5.74, 6) is -0.286. The highest BCUT2D eigenvalue weighted by Crippen LogP contribution is 2.22. The van der Waals surface area contributed by atoms with Crippen LogP contribution in [-0.4, -0.2) is 27.4 Å². The van der Waals surface area contributed by atoms with E-state index in [1.165, 1.54) is 49.2 Å². The van der Waals surface area contributed by atoms with Crippen LogP contribution >= 0.6 is 0 Å². The quantitative estimate of drug-likeness (QED) is 0.553. The van der Waals surface area contributed by atoms with Gasteiger partial charge in [-0.25, -0.2) is 8.42 Å². The number of benzene rings is 3. The molecule has 0 radical (unpaired) electrons. The van der Waals surface area contributed by atoms with Crippen LogP contribution in [0.5, 0.6) is 0 Å². The Hall–Kier alpha value is -3.32. The van der Waals surface area contributed by atoms with Crippen molar-refractivity contribution in [2.75, 3.05) is 28.0 Å². The lowest BCUT2D eigenvalue weighted by molar-refractivity contribution is 0.102. The monoisotopic (exact) mass is 449 g/mol. The number of aryl methyl sites for hydroxylation is 1. The van der Waals surface area contributed by atoms with Gasteiger partial charge >= 0.3 is 0 Å². The van der Waals surface area contributed by atoms with E-state index >= 15 is 0 Å². The number of nitrogens with zero attached hydrogens (tertiary/aromatic N) is 1. The van der Waals surface area contributed by atoms with Gasteiger partial charge < -0.3 is 10.2 Å². The Bertz CT molecular complexity index is 1170. The van der Waals surface area contributed by atoms with Crippen molar-refractivity contribution >= 4 is 33.0 Å². The average Bonchev–Trinajstić information content (AvgIpc) is 2.81. The Kier molecular flexibility index (Phi) is 6.46. The lowest BCUT2D eigenvalue weighted by Crippen LogP contribution is -2.29. The molecule has 0 aliphatic carbocycles. The van der Waals surface area contributed by atoms with E-state index in [-0.39, 0.29) is 10.8 Å². The Morgan fingerprint density at radius 2 is 1.38 bits per heavy atom. The molecule has 1 saturated heterocycles. The van der Waals surface area contributed by atoms with E-state index < -0.39 is 10.0 Å². The smallest absolute Gasteiger partial charge is 0.261 e. The van der Waals surface area contributed by atoms with Gasteiger partial charge in [0.25, 0.3) is 15.9 Å². The van der Waals surface area contributed by atoms with Crippen molar-refractivity contribution in [1.82, 2.24) is 0 Å². The molecule has 0 bridgehead atoms. The zero-order chi connectivity index (χ0) is 22.6. The van der Waals surface area contributed by atoms with Gasteiger partial charge in [-0.05, 0) is 86.8 Å². The third kappa shape index (κ3) is 5.29. The molecule has 1 amide bonds. The largest absolute Gasteiger partial charge is 0.372 e. The van der Waals surface area contributed by atoms with Gasteiger partial charge in [0.1, 0.15) is 0 Å². The predicted octanol–water partition coefficient (Wildman–Crippen LogP) is 5.04. The zero-order valence-electron chi connectivity index (χ0n) is 18.0. The minimum atomic E-state index is -3.73. The average molecular weight is 450 g/mol. The summed E-state index contributed by atoms with van der Waals surface area (Å²) in [4.78, 5) is 15.1. The molecule has 1 aliphatic heterocycles. The number of hydrogen-bond acceptors (Lipinski definition) is 4. The standard InChI is InChI=1S/C25H27N3O3S/c1-19-5-9-22(10-6-19)27-32(30,31)24-15-7-20(8-16-24)25(29)26-21-11-13-23(14-12-21)28-17-3-2-4-18-28/h5-16,27H,2-4,17-18H2,1H3,(H,26,29). The molecule has 6 nitrogen and oxygen atoms in total. The van der Waals surface area contributed by atoms with Gasteiger partial charge in [-0.2, -0.15) is 0 Å². The Morgan fingerprint density at radius 3 is 2.00 bits per heavy atom. The molecule has 0 atom stereocenters. The minimum absolute atomic E-state index is 0.0977. The van der Waals surface area contributed by atoms with Gasteiger partial charge in [0.05, 0.1) is 4.90 Å². The fourth-order valence-electron chi connectivity index (χ4n) is 3.73. The molecule has 0 unspecified atom stereocenters. The van der Waals surface area contributed by atoms with Gasteiger partial charge in [-0.15, -0.1) is 0 Å². The van der Waals surface area contributed by atoms with E-state index in [2.05, 4.69) is 14.9 Å². The van der Waals surface area contributed by atoms with Crippen molar-refractivity contribution in [2.45, 2.75) is 31.1 Å². The first kappa shape index (κ1) is 21.9. The number of sulfonamides is 1. The highest BCUT2D eigenvalue weighted by molar-refractivity contribution is 7.92. The number of amides is 1. The van der Waals surface area contributed by atoms with Gasteiger partial charge in [-0.3, -0.25) is 9.52 Å². The minimum Gasteiger partial charge on any atom is -0.372 e. The summed E-state index contributed by atoms with van der Waals surface area (Å²) in [6, 6.07) is 20.8. The molecule has 4 rings (SSSR count). The number of piperidine rings is 1. The van der Waals surface area contributed by atoms with Crippen molar-refractivity contribution in [3.63, 3.8) is 0 Å². The lowest BCUT2D eigenvalue weighted by Gasteiger charge is -2.28. The second kappa shape index (κ2) is 9.44. The van der Waals surface area contributed by atoms with Gasteiger partial charge in [0, 0.05) is 35.7 Å². The molecule has 0 saturated carbocycles. The number of carbonyl (C=O) groups is 1. The number of carbonyl (C=O) groups excluding carboxylic acids is 1. The van der Waals surface area contributed by atoms with Crippen molar-refractivity contribution in [1.29, 1.82) is 0 Å². The molecule has 1 aliphatic rings. The van der Waals surface area contributed by atoms with Crippen LogP contribution in [0.3, 0.4) is 0 Å². The van der Waals surface area contributed by atoms with Gasteiger partial charge in [0.2, 0.25) is 0 Å². The van der Waals surface area contributed by atoms with E-state index in [1.54, 1.807) is 12.1 Å². The van der Waals surface area contributed by atoms with Crippen LogP contribution in [0.15, 0.2) is 77.7 Å². The molecular weight excluding hydrogens is 422 g/mol. The Morgan fingerprint density at radius 1 is 0.781 bits per heavy atom. The maximum absolute atomic E-state index is 12.6. The zero-order valence-corrected chi connectivity index (χ0v) is 18.9. The van der Waals surface area contributed by atoms with Crippen LogP contribution < -0.4 is 14.9 Å². The van der Waals surface area contributed by atoms with Gasteiger partial charge in [-0.1, -0.05) is 17.7 Å². The number of nitrogens with one attached hydrogen (secondary N) is 2. The maximum Gasteiger partial charge on any atom is 0.261 e. The molecular formula is C25H27N3O3S. The molecule has 3 aromatic rings. The fraction of sp³-hybridized carbons (Fsp3) is 0.240. The Balaban J connectivity index is 1.39. The number of anilines is 3. The van der Waals surface area contributed by atoms with Crippen LogP contribution in [-0.2, 0) is 10.0 Å². The van der Waals surface area contributed by atoms with E-state index in [0.29, 0.717) is 16.9 Å².